The lowest BCUT2D eigenvalue weighted by atomic mass is 10.2. The molecule has 0 amide bonds. The minimum absolute atomic E-state index is 0.468. The van der Waals surface area contributed by atoms with Crippen LogP contribution < -0.4 is 4.74 Å². The number of nitrogens with zero attached hydrogens (tertiary/aromatic N) is 1. The summed E-state index contributed by atoms with van der Waals surface area (Å²) in [6.45, 7) is 2.78. The van der Waals surface area contributed by atoms with Gasteiger partial charge in [-0.2, -0.15) is 0 Å². The largest absolute Gasteiger partial charge is 0.492 e. The molecule has 1 fully saturated rings. The molecule has 0 radical (unpaired) electrons. The van der Waals surface area contributed by atoms with E-state index in [1.807, 2.05) is 42.5 Å². The van der Waals surface area contributed by atoms with Gasteiger partial charge in [0.25, 0.3) is 0 Å². The van der Waals surface area contributed by atoms with Crippen molar-refractivity contribution in [2.24, 2.45) is 0 Å². The molecule has 1 aliphatic rings. The van der Waals surface area contributed by atoms with Gasteiger partial charge in [-0.3, -0.25) is 9.11 Å². The maximum Gasteiger partial charge on any atom is 0.119 e. The van der Waals surface area contributed by atoms with Crippen molar-refractivity contribution in [3.05, 3.63) is 60.2 Å². The fourth-order valence-electron chi connectivity index (χ4n) is 3.02. The zero-order valence-electron chi connectivity index (χ0n) is 13.5. The summed E-state index contributed by atoms with van der Waals surface area (Å²) in [5, 5.41) is 0. The van der Waals surface area contributed by atoms with Crippen LogP contribution in [0.5, 0.6) is 5.75 Å². The van der Waals surface area contributed by atoms with Gasteiger partial charge in [0, 0.05) is 34.5 Å². The van der Waals surface area contributed by atoms with Crippen LogP contribution >= 0.6 is 0 Å². The number of rotatable bonds is 6. The Labute approximate surface area is 140 Å². The maximum absolute atomic E-state index is 11.5. The van der Waals surface area contributed by atoms with E-state index in [0.29, 0.717) is 6.04 Å². The predicted octanol–water partition coefficient (Wildman–Crippen LogP) is 3.47. The van der Waals surface area contributed by atoms with E-state index in [1.165, 1.54) is 18.4 Å². The van der Waals surface area contributed by atoms with E-state index in [1.54, 1.807) is 6.26 Å². The van der Waals surface area contributed by atoms with E-state index >= 15 is 0 Å². The molecule has 1 aliphatic heterocycles. The highest BCUT2D eigenvalue weighted by molar-refractivity contribution is 7.84. The number of para-hydroxylation sites is 1. The molecule has 1 heterocycles. The first-order valence-corrected chi connectivity index (χ1v) is 9.62. The summed E-state index contributed by atoms with van der Waals surface area (Å²) in [6.07, 6.45) is 4.12. The van der Waals surface area contributed by atoms with Gasteiger partial charge in [-0.15, -0.1) is 0 Å². The lowest BCUT2D eigenvalue weighted by Gasteiger charge is -2.24. The van der Waals surface area contributed by atoms with Gasteiger partial charge in [-0.1, -0.05) is 30.3 Å². The molecule has 0 unspecified atom stereocenters. The van der Waals surface area contributed by atoms with Gasteiger partial charge in [0.2, 0.25) is 0 Å². The van der Waals surface area contributed by atoms with Crippen molar-refractivity contribution >= 4 is 10.8 Å². The summed E-state index contributed by atoms with van der Waals surface area (Å²) in [4.78, 5) is 3.38. The second kappa shape index (κ2) is 7.75. The summed E-state index contributed by atoms with van der Waals surface area (Å²) in [5.74, 6) is 0.939. The fraction of sp³-hybridized carbons (Fsp3) is 0.368. The van der Waals surface area contributed by atoms with Crippen LogP contribution in [-0.2, 0) is 17.3 Å². The molecule has 0 aromatic heterocycles. The van der Waals surface area contributed by atoms with Crippen molar-refractivity contribution in [1.29, 1.82) is 0 Å². The van der Waals surface area contributed by atoms with Crippen molar-refractivity contribution in [2.75, 3.05) is 19.4 Å². The van der Waals surface area contributed by atoms with Crippen molar-refractivity contribution in [2.45, 2.75) is 30.3 Å². The number of hydrogen-bond acceptors (Lipinski definition) is 3. The zero-order chi connectivity index (χ0) is 16.1. The van der Waals surface area contributed by atoms with E-state index in [9.17, 15) is 4.21 Å². The normalized spacial score (nSPS) is 19.6. The van der Waals surface area contributed by atoms with E-state index in [4.69, 9.17) is 4.74 Å². The highest BCUT2D eigenvalue weighted by Gasteiger charge is 2.25. The molecule has 3 nitrogen and oxygen atoms in total. The molecule has 2 atom stereocenters. The molecule has 2 aromatic carbocycles. The van der Waals surface area contributed by atoms with Crippen molar-refractivity contribution in [3.63, 3.8) is 0 Å². The van der Waals surface area contributed by atoms with Crippen LogP contribution in [0, 0.1) is 0 Å². The van der Waals surface area contributed by atoms with E-state index in [2.05, 4.69) is 17.0 Å². The SMILES string of the molecule is C[S@](=O)c1ccc(CN2CCC[C@H]2COc2ccccc2)cc1. The van der Waals surface area contributed by atoms with Gasteiger partial charge in [-0.25, -0.2) is 0 Å². The Morgan fingerprint density at radius 2 is 1.87 bits per heavy atom. The maximum atomic E-state index is 11.5. The molecule has 0 saturated carbocycles. The summed E-state index contributed by atoms with van der Waals surface area (Å²) >= 11 is 0. The Kier molecular flexibility index (Phi) is 5.47. The number of ether oxygens (including phenoxy) is 1. The minimum atomic E-state index is -0.906. The topological polar surface area (TPSA) is 29.5 Å². The Bertz CT molecular complexity index is 642. The second-order valence-electron chi connectivity index (χ2n) is 5.99. The van der Waals surface area contributed by atoms with Crippen LogP contribution in [0.4, 0.5) is 0 Å². The van der Waals surface area contributed by atoms with Gasteiger partial charge in [0.1, 0.15) is 12.4 Å². The molecule has 1 saturated heterocycles. The molecular weight excluding hydrogens is 306 g/mol. The number of benzene rings is 2. The van der Waals surface area contributed by atoms with Crippen LogP contribution in [0.1, 0.15) is 18.4 Å². The van der Waals surface area contributed by atoms with E-state index in [-0.39, 0.29) is 0 Å². The molecule has 4 heteroatoms. The quantitative estimate of drug-likeness (QED) is 0.813. The molecule has 122 valence electrons. The first-order valence-electron chi connectivity index (χ1n) is 8.06. The molecular formula is C19H23NO2S. The lowest BCUT2D eigenvalue weighted by molar-refractivity contribution is 0.167. The standard InChI is InChI=1S/C19H23NO2S/c1-23(21)19-11-9-16(10-12-19)14-20-13-5-6-17(20)15-22-18-7-3-2-4-8-18/h2-4,7-12,17H,5-6,13-15H2,1H3/t17-,23-/m0/s1. The van der Waals surface area contributed by atoms with Gasteiger partial charge in [0.15, 0.2) is 0 Å². The zero-order valence-corrected chi connectivity index (χ0v) is 14.3. The Balaban J connectivity index is 1.57. The predicted molar refractivity (Wildman–Crippen MR) is 94.1 cm³/mol. The number of hydrogen-bond donors (Lipinski definition) is 0. The first kappa shape index (κ1) is 16.2. The van der Waals surface area contributed by atoms with Gasteiger partial charge in [0.05, 0.1) is 0 Å². The van der Waals surface area contributed by atoms with Gasteiger partial charge >= 0.3 is 0 Å². The third kappa shape index (κ3) is 4.43. The van der Waals surface area contributed by atoms with Crippen LogP contribution in [0.2, 0.25) is 0 Å². The average molecular weight is 329 g/mol. The number of likely N-dealkylation sites (tertiary alicyclic amines) is 1. The highest BCUT2D eigenvalue weighted by atomic mass is 32.2. The van der Waals surface area contributed by atoms with E-state index < -0.39 is 10.8 Å². The van der Waals surface area contributed by atoms with Crippen molar-refractivity contribution in [3.8, 4) is 5.75 Å². The van der Waals surface area contributed by atoms with Crippen LogP contribution in [0.15, 0.2) is 59.5 Å². The van der Waals surface area contributed by atoms with E-state index in [0.717, 1.165) is 30.3 Å². The van der Waals surface area contributed by atoms with Gasteiger partial charge < -0.3 is 4.74 Å². The Hall–Kier alpha value is -1.65. The van der Waals surface area contributed by atoms with Crippen LogP contribution in [0.25, 0.3) is 0 Å². The third-order valence-corrected chi connectivity index (χ3v) is 5.26. The molecule has 23 heavy (non-hydrogen) atoms. The molecule has 2 aromatic rings. The molecule has 3 rings (SSSR count). The molecule has 0 aliphatic carbocycles. The highest BCUT2D eigenvalue weighted by Crippen LogP contribution is 2.22. The lowest BCUT2D eigenvalue weighted by Crippen LogP contribution is -2.33. The van der Waals surface area contributed by atoms with Crippen molar-refractivity contribution in [1.82, 2.24) is 4.90 Å². The first-order chi connectivity index (χ1) is 11.2. The van der Waals surface area contributed by atoms with Crippen molar-refractivity contribution < 1.29 is 8.95 Å². The monoisotopic (exact) mass is 329 g/mol. The fourth-order valence-corrected chi connectivity index (χ4v) is 3.54. The van der Waals surface area contributed by atoms with Gasteiger partial charge in [-0.05, 0) is 49.2 Å². The molecule has 0 spiro atoms. The minimum Gasteiger partial charge on any atom is -0.492 e. The summed E-state index contributed by atoms with van der Waals surface area (Å²) in [6, 6.07) is 18.6. The Morgan fingerprint density at radius 1 is 1.13 bits per heavy atom. The second-order valence-corrected chi connectivity index (χ2v) is 7.37. The summed E-state index contributed by atoms with van der Waals surface area (Å²) in [7, 11) is -0.906. The molecule has 0 N–H and O–H groups in total. The average Bonchev–Trinajstić information content (AvgIpc) is 3.01. The van der Waals surface area contributed by atoms with Crippen LogP contribution in [-0.4, -0.2) is 34.6 Å². The summed E-state index contributed by atoms with van der Waals surface area (Å²) < 4.78 is 17.4. The smallest absolute Gasteiger partial charge is 0.119 e. The summed E-state index contributed by atoms with van der Waals surface area (Å²) in [5.41, 5.74) is 1.27. The van der Waals surface area contributed by atoms with Crippen LogP contribution in [0.3, 0.4) is 0 Å². The Morgan fingerprint density at radius 3 is 2.57 bits per heavy atom. The third-order valence-electron chi connectivity index (χ3n) is 4.33. The molecule has 0 bridgehead atoms.